The van der Waals surface area contributed by atoms with E-state index >= 15 is 0 Å². The molecule has 11 heteroatoms. The number of amides is 1. The largest absolute Gasteiger partial charge is 0.484 e. The lowest BCUT2D eigenvalue weighted by atomic mass is 10.2. The summed E-state index contributed by atoms with van der Waals surface area (Å²) in [6.45, 7) is -0.522. The summed E-state index contributed by atoms with van der Waals surface area (Å²) in [7, 11) is 0. The van der Waals surface area contributed by atoms with Crippen LogP contribution in [0.3, 0.4) is 0 Å². The summed E-state index contributed by atoms with van der Waals surface area (Å²) in [5.74, 6) is -0.114. The Kier molecular flexibility index (Phi) is 7.04. The molecule has 1 amide bonds. The van der Waals surface area contributed by atoms with Crippen molar-refractivity contribution in [1.82, 2.24) is 0 Å². The van der Waals surface area contributed by atoms with Crippen LogP contribution in [-0.4, -0.2) is 12.5 Å². The summed E-state index contributed by atoms with van der Waals surface area (Å²) in [5.41, 5.74) is -1.37. The van der Waals surface area contributed by atoms with Gasteiger partial charge in [-0.25, -0.2) is 0 Å². The second-order valence-electron chi connectivity index (χ2n) is 7.15. The van der Waals surface area contributed by atoms with E-state index < -0.39 is 29.7 Å². The van der Waals surface area contributed by atoms with Crippen molar-refractivity contribution in [3.05, 3.63) is 92.2 Å². The van der Waals surface area contributed by atoms with Crippen LogP contribution in [0.4, 0.5) is 18.9 Å². The number of hydrogen-bond donors (Lipinski definition) is 1. The van der Waals surface area contributed by atoms with E-state index in [9.17, 15) is 22.8 Å². The molecule has 0 atom stereocenters. The van der Waals surface area contributed by atoms with Crippen LogP contribution < -0.4 is 20.2 Å². The maximum Gasteiger partial charge on any atom is 0.416 e. The van der Waals surface area contributed by atoms with E-state index in [2.05, 4.69) is 21.2 Å². The molecule has 3 aromatic carbocycles. The van der Waals surface area contributed by atoms with Crippen molar-refractivity contribution in [3.63, 3.8) is 0 Å². The molecule has 0 aliphatic rings. The van der Waals surface area contributed by atoms with Gasteiger partial charge in [0.1, 0.15) is 23.3 Å². The van der Waals surface area contributed by atoms with Gasteiger partial charge in [-0.1, -0.05) is 23.7 Å². The van der Waals surface area contributed by atoms with Crippen molar-refractivity contribution < 1.29 is 31.9 Å². The summed E-state index contributed by atoms with van der Waals surface area (Å²) in [5, 5.41) is 2.45. The molecule has 6 nitrogen and oxygen atoms in total. The first-order chi connectivity index (χ1) is 16.6. The number of carbonyl (C=O) groups excluding carboxylic acids is 1. The first-order valence-corrected chi connectivity index (χ1v) is 11.1. The normalized spacial score (nSPS) is 11.3. The monoisotopic (exact) mass is 567 g/mol. The fourth-order valence-electron chi connectivity index (χ4n) is 3.03. The molecule has 35 heavy (non-hydrogen) atoms. The van der Waals surface area contributed by atoms with Gasteiger partial charge in [-0.05, 0) is 58.4 Å². The predicted molar refractivity (Wildman–Crippen MR) is 127 cm³/mol. The Hall–Kier alpha value is -3.50. The van der Waals surface area contributed by atoms with Gasteiger partial charge in [0, 0.05) is 6.07 Å². The maximum atomic E-state index is 12.9. The highest BCUT2D eigenvalue weighted by Gasteiger charge is 2.31. The molecule has 4 aromatic rings. The van der Waals surface area contributed by atoms with Crippen molar-refractivity contribution in [2.45, 2.75) is 6.18 Å². The average molecular weight is 569 g/mol. The molecule has 1 aromatic heterocycles. The van der Waals surface area contributed by atoms with Gasteiger partial charge in [0.05, 0.1) is 26.1 Å². The summed E-state index contributed by atoms with van der Waals surface area (Å²) < 4.78 is 55.9. The van der Waals surface area contributed by atoms with Gasteiger partial charge in [-0.15, -0.1) is 0 Å². The number of hydrogen-bond acceptors (Lipinski definition) is 5. The second kappa shape index (κ2) is 10.0. The number of anilines is 1. The molecular weight excluding hydrogens is 555 g/mol. The summed E-state index contributed by atoms with van der Waals surface area (Å²) in [6, 6.07) is 13.9. The van der Waals surface area contributed by atoms with E-state index in [0.29, 0.717) is 10.2 Å². The number of nitrogens with one attached hydrogen (secondary N) is 1. The Bertz CT molecular complexity index is 1470. The highest BCUT2D eigenvalue weighted by Crippen LogP contribution is 2.34. The van der Waals surface area contributed by atoms with Crippen LogP contribution in [0.2, 0.25) is 5.02 Å². The number of rotatable bonds is 6. The van der Waals surface area contributed by atoms with Crippen molar-refractivity contribution >= 4 is 50.1 Å². The zero-order chi connectivity index (χ0) is 25.2. The quantitative estimate of drug-likeness (QED) is 0.270. The Morgan fingerprint density at radius 3 is 2.57 bits per heavy atom. The Labute approximate surface area is 209 Å². The van der Waals surface area contributed by atoms with E-state index in [-0.39, 0.29) is 33.2 Å². The molecule has 4 rings (SSSR count). The summed E-state index contributed by atoms with van der Waals surface area (Å²) in [6.07, 6.45) is -3.42. The third kappa shape index (κ3) is 5.77. The van der Waals surface area contributed by atoms with Crippen LogP contribution in [0.5, 0.6) is 17.2 Å². The molecule has 0 radical (unpaired) electrons. The molecule has 0 fully saturated rings. The Balaban J connectivity index is 1.45. The number of carbonyl (C=O) groups is 1. The van der Waals surface area contributed by atoms with E-state index in [1.807, 2.05) is 0 Å². The first kappa shape index (κ1) is 24.6. The number of ether oxygens (including phenoxy) is 2. The number of para-hydroxylation sites is 1. The molecule has 0 aliphatic carbocycles. The van der Waals surface area contributed by atoms with Gasteiger partial charge in [0.15, 0.2) is 6.61 Å². The fourth-order valence-corrected chi connectivity index (χ4v) is 3.56. The van der Waals surface area contributed by atoms with Gasteiger partial charge in [0.25, 0.3) is 5.91 Å². The van der Waals surface area contributed by atoms with Crippen LogP contribution >= 0.6 is 27.5 Å². The number of alkyl halides is 3. The lowest BCUT2D eigenvalue weighted by molar-refractivity contribution is -0.137. The van der Waals surface area contributed by atoms with E-state index in [0.717, 1.165) is 24.5 Å². The average Bonchev–Trinajstić information content (AvgIpc) is 2.81. The smallest absolute Gasteiger partial charge is 0.416 e. The molecule has 0 spiro atoms. The molecular formula is C24H14BrClF3NO5. The fraction of sp³-hybridized carbons (Fsp3) is 0.0833. The van der Waals surface area contributed by atoms with Gasteiger partial charge in [-0.2, -0.15) is 13.2 Å². The molecule has 0 saturated carbocycles. The van der Waals surface area contributed by atoms with Gasteiger partial charge in [0.2, 0.25) is 11.2 Å². The van der Waals surface area contributed by atoms with Crippen LogP contribution in [0.15, 0.2) is 80.6 Å². The minimum Gasteiger partial charge on any atom is -0.484 e. The Morgan fingerprint density at radius 1 is 1.06 bits per heavy atom. The predicted octanol–water partition coefficient (Wildman–Crippen LogP) is 7.04. The second-order valence-corrected chi connectivity index (χ2v) is 8.41. The van der Waals surface area contributed by atoms with E-state index in [1.54, 1.807) is 24.3 Å². The zero-order valence-corrected chi connectivity index (χ0v) is 19.8. The SMILES string of the molecule is O=C(COc1ccc2c(=O)c(Oc3ccccc3Br)coc2c1)Nc1cc(C(F)(F)F)ccc1Cl. The summed E-state index contributed by atoms with van der Waals surface area (Å²) in [4.78, 5) is 24.9. The molecule has 0 saturated heterocycles. The molecule has 0 aliphatic heterocycles. The van der Waals surface area contributed by atoms with Crippen LogP contribution in [-0.2, 0) is 11.0 Å². The number of fused-ring (bicyclic) bond motifs is 1. The lowest BCUT2D eigenvalue weighted by Gasteiger charge is -2.12. The standard InChI is InChI=1S/C24H14BrClF3NO5/c25-16-3-1-2-4-19(16)35-21-11-34-20-10-14(6-7-15(20)23(21)32)33-12-22(31)30-18-9-13(24(27,28)29)5-8-17(18)26/h1-11H,12H2,(H,30,31). The van der Waals surface area contributed by atoms with Crippen molar-refractivity contribution in [3.8, 4) is 17.2 Å². The Morgan fingerprint density at radius 2 is 1.83 bits per heavy atom. The molecule has 180 valence electrons. The molecule has 0 unspecified atom stereocenters. The van der Waals surface area contributed by atoms with Crippen LogP contribution in [0, 0.1) is 0 Å². The topological polar surface area (TPSA) is 77.8 Å². The van der Waals surface area contributed by atoms with Crippen LogP contribution in [0.25, 0.3) is 11.0 Å². The van der Waals surface area contributed by atoms with E-state index in [4.69, 9.17) is 25.5 Å². The van der Waals surface area contributed by atoms with Crippen molar-refractivity contribution in [2.24, 2.45) is 0 Å². The van der Waals surface area contributed by atoms with Crippen molar-refractivity contribution in [2.75, 3.05) is 11.9 Å². The summed E-state index contributed by atoms with van der Waals surface area (Å²) >= 11 is 9.22. The zero-order valence-electron chi connectivity index (χ0n) is 17.5. The van der Waals surface area contributed by atoms with Gasteiger partial charge >= 0.3 is 6.18 Å². The minimum absolute atomic E-state index is 0.0181. The van der Waals surface area contributed by atoms with Crippen molar-refractivity contribution in [1.29, 1.82) is 0 Å². The highest BCUT2D eigenvalue weighted by atomic mass is 79.9. The molecule has 1 heterocycles. The van der Waals surface area contributed by atoms with E-state index in [1.165, 1.54) is 18.2 Å². The van der Waals surface area contributed by atoms with Crippen LogP contribution in [0.1, 0.15) is 5.56 Å². The minimum atomic E-state index is -4.59. The molecule has 1 N–H and O–H groups in total. The third-order valence-corrected chi connectivity index (χ3v) is 5.69. The molecule has 0 bridgehead atoms. The number of benzene rings is 3. The first-order valence-electron chi connectivity index (χ1n) is 9.89. The lowest BCUT2D eigenvalue weighted by Crippen LogP contribution is -2.20. The van der Waals surface area contributed by atoms with Gasteiger partial charge < -0.3 is 19.2 Å². The third-order valence-electron chi connectivity index (χ3n) is 4.71. The highest BCUT2D eigenvalue weighted by molar-refractivity contribution is 9.10. The number of halogens is 5. The maximum absolute atomic E-state index is 12.9. The van der Waals surface area contributed by atoms with Gasteiger partial charge in [-0.3, -0.25) is 9.59 Å².